The van der Waals surface area contributed by atoms with E-state index in [2.05, 4.69) is 44.5 Å². The number of hydrogen-bond acceptors (Lipinski definition) is 13. The maximum absolute atomic E-state index is 13.8. The number of urea groups is 1. The largest absolute Gasteiger partial charge is 0.457 e. The molecule has 18 nitrogen and oxygen atoms in total. The standard InChI is InChI=1S/C51H58N12O6/c52-46-44-45(34-6-9-39(10-7-34)69-38-4-2-1-3-5-38)56-63(47(44)54-32-53-46)36-16-20-57(21-17-36)31-33-14-22-60(23-15-33)51(68)61-24-18-35(19-25-61)58-26-28-59(29-27-58)37-8-11-40-41(30-37)50(67)62(49(40)66)42-12-13-43(64)55-48(42)65/h1-11,30,32-33,35-36,42H,12-29,31H2,(H2,52,53,54)(H,55,64,65). The van der Waals surface area contributed by atoms with E-state index in [9.17, 15) is 24.0 Å². The predicted octanol–water partition coefficient (Wildman–Crippen LogP) is 5.02. The molecule has 5 aromatic rings. The number of carbonyl (C=O) groups is 5. The van der Waals surface area contributed by atoms with Gasteiger partial charge in [0.15, 0.2) is 5.65 Å². The second-order valence-electron chi connectivity index (χ2n) is 19.4. The molecule has 3 N–H and O–H groups in total. The molecule has 2 aromatic heterocycles. The van der Waals surface area contributed by atoms with Crippen LogP contribution in [0, 0.1) is 5.92 Å². The van der Waals surface area contributed by atoms with Crippen LogP contribution in [0.25, 0.3) is 22.3 Å². The number of nitrogen functional groups attached to an aromatic ring is 1. The van der Waals surface area contributed by atoms with Gasteiger partial charge in [0.2, 0.25) is 11.8 Å². The van der Waals surface area contributed by atoms with Gasteiger partial charge in [0.1, 0.15) is 35.4 Å². The van der Waals surface area contributed by atoms with Gasteiger partial charge in [0.25, 0.3) is 11.8 Å². The molecule has 0 radical (unpaired) electrons. The highest BCUT2D eigenvalue weighted by atomic mass is 16.5. The number of nitrogens with two attached hydrogens (primary N) is 1. The molecule has 358 valence electrons. The van der Waals surface area contributed by atoms with Crippen LogP contribution in [-0.4, -0.2) is 158 Å². The van der Waals surface area contributed by atoms with E-state index in [-0.39, 0.29) is 24.9 Å². The Labute approximate surface area is 400 Å². The highest BCUT2D eigenvalue weighted by Gasteiger charge is 2.45. The molecule has 0 aliphatic carbocycles. The molecule has 11 rings (SSSR count). The molecule has 6 aliphatic rings. The maximum atomic E-state index is 13.8. The number of benzene rings is 3. The average Bonchev–Trinajstić information content (AvgIpc) is 3.89. The lowest BCUT2D eigenvalue weighted by Gasteiger charge is -2.44. The van der Waals surface area contributed by atoms with Crippen LogP contribution in [0.4, 0.5) is 16.3 Å². The summed E-state index contributed by atoms with van der Waals surface area (Å²) < 4.78 is 8.09. The zero-order chi connectivity index (χ0) is 47.2. The van der Waals surface area contributed by atoms with Gasteiger partial charge in [-0.1, -0.05) is 18.2 Å². The molecule has 5 fully saturated rings. The number of fused-ring (bicyclic) bond motifs is 2. The third kappa shape index (κ3) is 8.86. The summed E-state index contributed by atoms with van der Waals surface area (Å²) in [4.78, 5) is 86.0. The van der Waals surface area contributed by atoms with Gasteiger partial charge in [-0.25, -0.2) is 19.4 Å². The topological polar surface area (TPSA) is 196 Å². The molecule has 8 heterocycles. The first-order valence-electron chi connectivity index (χ1n) is 24.6. The van der Waals surface area contributed by atoms with E-state index in [1.807, 2.05) is 60.7 Å². The summed E-state index contributed by atoms with van der Waals surface area (Å²) in [5, 5.41) is 8.15. The molecule has 0 saturated carbocycles. The Bertz CT molecular complexity index is 2750. The van der Waals surface area contributed by atoms with Crippen LogP contribution in [0.2, 0.25) is 0 Å². The molecule has 0 spiro atoms. The van der Waals surface area contributed by atoms with E-state index in [0.29, 0.717) is 28.9 Å². The fourth-order valence-electron chi connectivity index (χ4n) is 11.4. The van der Waals surface area contributed by atoms with Crippen molar-refractivity contribution in [3.63, 3.8) is 0 Å². The fraction of sp³-hybridized carbons (Fsp3) is 0.451. The molecule has 3 aromatic carbocycles. The van der Waals surface area contributed by atoms with Crippen molar-refractivity contribution in [1.82, 2.24) is 49.6 Å². The number of carbonyl (C=O) groups excluding carboxylic acids is 5. The van der Waals surface area contributed by atoms with Crippen LogP contribution < -0.4 is 20.7 Å². The van der Waals surface area contributed by atoms with Gasteiger partial charge in [-0.3, -0.25) is 34.3 Å². The van der Waals surface area contributed by atoms with Gasteiger partial charge >= 0.3 is 6.03 Å². The van der Waals surface area contributed by atoms with Crippen molar-refractivity contribution >= 4 is 52.2 Å². The molecule has 6 aliphatic heterocycles. The summed E-state index contributed by atoms with van der Waals surface area (Å²) in [7, 11) is 0. The number of imide groups is 2. The number of rotatable bonds is 9. The van der Waals surface area contributed by atoms with Crippen LogP contribution in [0.1, 0.15) is 78.1 Å². The first-order chi connectivity index (χ1) is 33.6. The molecule has 18 heteroatoms. The second kappa shape index (κ2) is 18.9. The summed E-state index contributed by atoms with van der Waals surface area (Å²) in [5.41, 5.74) is 10.4. The highest BCUT2D eigenvalue weighted by Crippen LogP contribution is 2.37. The second-order valence-corrected chi connectivity index (χ2v) is 19.4. The number of hydrogen-bond donors (Lipinski definition) is 2. The number of ether oxygens (including phenoxy) is 1. The lowest BCUT2D eigenvalue weighted by Crippen LogP contribution is -2.55. The van der Waals surface area contributed by atoms with Crippen molar-refractivity contribution < 1.29 is 28.7 Å². The zero-order valence-electron chi connectivity index (χ0n) is 38.7. The maximum Gasteiger partial charge on any atom is 0.319 e. The molecule has 1 unspecified atom stereocenters. The summed E-state index contributed by atoms with van der Waals surface area (Å²) in [6.45, 7) is 9.37. The van der Waals surface area contributed by atoms with E-state index in [1.54, 1.807) is 12.1 Å². The van der Waals surface area contributed by atoms with Crippen molar-refractivity contribution in [3.05, 3.63) is 90.3 Å². The lowest BCUT2D eigenvalue weighted by molar-refractivity contribution is -0.136. The van der Waals surface area contributed by atoms with Crippen molar-refractivity contribution in [2.75, 3.05) is 82.6 Å². The Morgan fingerprint density at radius 1 is 0.696 bits per heavy atom. The number of para-hydroxylation sites is 1. The van der Waals surface area contributed by atoms with Crippen LogP contribution in [0.15, 0.2) is 79.1 Å². The van der Waals surface area contributed by atoms with E-state index in [1.165, 1.54) is 6.33 Å². The van der Waals surface area contributed by atoms with E-state index >= 15 is 0 Å². The van der Waals surface area contributed by atoms with E-state index in [0.717, 1.165) is 155 Å². The Morgan fingerprint density at radius 2 is 1.36 bits per heavy atom. The van der Waals surface area contributed by atoms with Crippen molar-refractivity contribution in [3.8, 4) is 22.8 Å². The van der Waals surface area contributed by atoms with Gasteiger partial charge in [0, 0.05) is 95.7 Å². The first kappa shape index (κ1) is 44.6. The Kier molecular flexibility index (Phi) is 12.2. The number of piperidine rings is 4. The number of nitrogens with zero attached hydrogens (tertiary/aromatic N) is 10. The van der Waals surface area contributed by atoms with Crippen LogP contribution >= 0.6 is 0 Å². The molecular formula is C51H58N12O6. The van der Waals surface area contributed by atoms with Gasteiger partial charge in [-0.15, -0.1) is 0 Å². The number of nitrogens with one attached hydrogen (secondary N) is 1. The molecule has 69 heavy (non-hydrogen) atoms. The summed E-state index contributed by atoms with van der Waals surface area (Å²) in [6, 6.07) is 22.7. The van der Waals surface area contributed by atoms with Gasteiger partial charge < -0.3 is 30.1 Å². The molecule has 5 saturated heterocycles. The SMILES string of the molecule is Nc1ncnc2c1c(-c1ccc(Oc3ccccc3)cc1)nn2C1CCN(CC2CCN(C(=O)N3CCC(N4CCN(c5ccc6c(c5)C(=O)N(C5CCC(=O)NC5=O)C6=O)CC4)CC3)CC2)CC1. The third-order valence-corrected chi connectivity index (χ3v) is 15.3. The number of piperazine rings is 1. The minimum atomic E-state index is -0.980. The molecule has 6 amide bonds. The number of likely N-dealkylation sites (tertiary alicyclic amines) is 3. The third-order valence-electron chi connectivity index (χ3n) is 15.3. The zero-order valence-corrected chi connectivity index (χ0v) is 38.7. The molecular weight excluding hydrogens is 877 g/mol. The predicted molar refractivity (Wildman–Crippen MR) is 258 cm³/mol. The van der Waals surface area contributed by atoms with Gasteiger partial charge in [-0.05, 0) is 105 Å². The average molecular weight is 935 g/mol. The van der Waals surface area contributed by atoms with Crippen LogP contribution in [0.3, 0.4) is 0 Å². The molecule has 1 atom stereocenters. The Balaban J connectivity index is 0.618. The minimum absolute atomic E-state index is 0.0880. The molecule has 0 bridgehead atoms. The van der Waals surface area contributed by atoms with Crippen molar-refractivity contribution in [2.24, 2.45) is 5.92 Å². The van der Waals surface area contributed by atoms with Crippen LogP contribution in [-0.2, 0) is 9.59 Å². The van der Waals surface area contributed by atoms with E-state index in [4.69, 9.17) is 15.6 Å². The highest BCUT2D eigenvalue weighted by molar-refractivity contribution is 6.23. The first-order valence-corrected chi connectivity index (χ1v) is 24.6. The van der Waals surface area contributed by atoms with Crippen molar-refractivity contribution in [1.29, 1.82) is 0 Å². The van der Waals surface area contributed by atoms with E-state index < -0.39 is 29.7 Å². The quantitative estimate of drug-likeness (QED) is 0.187. The monoisotopic (exact) mass is 934 g/mol. The summed E-state index contributed by atoms with van der Waals surface area (Å²) >= 11 is 0. The fourth-order valence-corrected chi connectivity index (χ4v) is 11.4. The smallest absolute Gasteiger partial charge is 0.319 e. The Morgan fingerprint density at radius 3 is 2.07 bits per heavy atom. The van der Waals surface area contributed by atoms with Gasteiger partial charge in [-0.2, -0.15) is 5.10 Å². The van der Waals surface area contributed by atoms with Crippen molar-refractivity contribution in [2.45, 2.75) is 69.5 Å². The summed E-state index contributed by atoms with van der Waals surface area (Å²) in [6.07, 6.45) is 7.57. The number of amides is 6. The normalized spacial score (nSPS) is 21.6. The van der Waals surface area contributed by atoms with Crippen LogP contribution in [0.5, 0.6) is 11.5 Å². The Hall–Kier alpha value is -6.92. The minimum Gasteiger partial charge on any atom is -0.457 e. The number of anilines is 2. The summed E-state index contributed by atoms with van der Waals surface area (Å²) in [5.74, 6) is 0.512. The number of aromatic nitrogens is 4. The lowest BCUT2D eigenvalue weighted by atomic mass is 9.94. The van der Waals surface area contributed by atoms with Gasteiger partial charge in [0.05, 0.1) is 22.6 Å².